The third kappa shape index (κ3) is 6.98. The third-order valence-electron chi connectivity index (χ3n) is 8.47. The Hall–Kier alpha value is -3.05. The monoisotopic (exact) mass is 567 g/mol. The van der Waals surface area contributed by atoms with Crippen LogP contribution in [0, 0.1) is 11.8 Å². The van der Waals surface area contributed by atoms with Crippen LogP contribution >= 0.6 is 0 Å². The molecule has 2 bridgehead atoms. The smallest absolute Gasteiger partial charge is 0.430 e. The van der Waals surface area contributed by atoms with Gasteiger partial charge in [-0.3, -0.25) is 0 Å². The Labute approximate surface area is 231 Å². The Kier molecular flexibility index (Phi) is 9.45. The minimum atomic E-state index is -5.19. The summed E-state index contributed by atoms with van der Waals surface area (Å²) in [5.41, 5.74) is -1.68. The second kappa shape index (κ2) is 12.6. The zero-order chi connectivity index (χ0) is 28.8. The molecule has 8 nitrogen and oxygen atoms in total. The zero-order valence-corrected chi connectivity index (χ0v) is 22.3. The van der Waals surface area contributed by atoms with Gasteiger partial charge in [-0.25, -0.2) is 4.79 Å². The number of nitrogens with zero attached hydrogens (tertiary/aromatic N) is 1. The number of aliphatic hydroxyl groups is 1. The van der Waals surface area contributed by atoms with Crippen molar-refractivity contribution < 1.29 is 51.3 Å². The lowest BCUT2D eigenvalue weighted by atomic mass is 9.81. The lowest BCUT2D eigenvalue weighted by Gasteiger charge is -2.52. The summed E-state index contributed by atoms with van der Waals surface area (Å²) < 4.78 is 50.1. The van der Waals surface area contributed by atoms with Crippen molar-refractivity contribution in [2.45, 2.75) is 62.8 Å². The number of ether oxygens (including phenoxy) is 2. The van der Waals surface area contributed by atoms with Crippen LogP contribution in [-0.2, 0) is 19.9 Å². The summed E-state index contributed by atoms with van der Waals surface area (Å²) in [7, 11) is 0. The first kappa shape index (κ1) is 29.9. The molecule has 1 aromatic carbocycles. The quantitative estimate of drug-likeness (QED) is 0.280. The Morgan fingerprint density at radius 2 is 1.68 bits per heavy atom. The van der Waals surface area contributed by atoms with E-state index in [2.05, 4.69) is 0 Å². The van der Waals surface area contributed by atoms with E-state index in [-0.39, 0.29) is 12.0 Å². The summed E-state index contributed by atoms with van der Waals surface area (Å²) in [5.74, 6) is -2.05. The molecule has 220 valence electrons. The third-order valence-corrected chi connectivity index (χ3v) is 8.47. The maximum atomic E-state index is 13.5. The second-order valence-corrected chi connectivity index (χ2v) is 11.0. The van der Waals surface area contributed by atoms with Crippen molar-refractivity contribution in [1.82, 2.24) is 0 Å². The molecule has 4 heterocycles. The Balaban J connectivity index is 0.000000470. The second-order valence-electron chi connectivity index (χ2n) is 11.0. The van der Waals surface area contributed by atoms with E-state index in [1.807, 2.05) is 30.3 Å². The van der Waals surface area contributed by atoms with Gasteiger partial charge in [0, 0.05) is 31.1 Å². The van der Waals surface area contributed by atoms with Crippen molar-refractivity contribution in [3.8, 4) is 5.75 Å². The Bertz CT molecular complexity index is 1090. The van der Waals surface area contributed by atoms with Gasteiger partial charge in [0.25, 0.3) is 0 Å². The number of hydrogen-bond donors (Lipinski definition) is 1. The van der Waals surface area contributed by atoms with Crippen LogP contribution < -0.4 is 9.84 Å². The number of carbonyl (C=O) groups is 2. The molecule has 0 spiro atoms. The van der Waals surface area contributed by atoms with E-state index in [4.69, 9.17) is 23.8 Å². The topological polar surface area (TPSA) is 109 Å². The molecule has 1 aromatic heterocycles. The van der Waals surface area contributed by atoms with Gasteiger partial charge in [0.2, 0.25) is 5.60 Å². The number of rotatable bonds is 9. The molecule has 0 radical (unpaired) electrons. The van der Waals surface area contributed by atoms with Gasteiger partial charge in [0.1, 0.15) is 24.0 Å². The largest absolute Gasteiger partial charge is 0.542 e. The number of benzene rings is 1. The highest BCUT2D eigenvalue weighted by molar-refractivity contribution is 5.81. The summed E-state index contributed by atoms with van der Waals surface area (Å²) >= 11 is 0. The molecular formula is C29H36F3NO7. The van der Waals surface area contributed by atoms with Gasteiger partial charge in [-0.1, -0.05) is 31.0 Å². The predicted molar refractivity (Wildman–Crippen MR) is 135 cm³/mol. The first-order valence-electron chi connectivity index (χ1n) is 13.8. The number of alkyl halides is 3. The fraction of sp³-hybridized carbons (Fsp3) is 0.586. The molecule has 2 atom stereocenters. The molecule has 0 unspecified atom stereocenters. The van der Waals surface area contributed by atoms with Gasteiger partial charge < -0.3 is 33.4 Å². The maximum Gasteiger partial charge on any atom is 0.430 e. The van der Waals surface area contributed by atoms with Gasteiger partial charge >= 0.3 is 12.1 Å². The van der Waals surface area contributed by atoms with Crippen LogP contribution in [0.5, 0.6) is 5.75 Å². The number of hydrogen-bond acceptors (Lipinski definition) is 7. The number of esters is 1. The summed E-state index contributed by atoms with van der Waals surface area (Å²) in [4.78, 5) is 22.2. The number of piperidine rings is 3. The molecule has 2 aromatic rings. The van der Waals surface area contributed by atoms with E-state index in [1.54, 1.807) is 12.1 Å². The molecule has 1 aliphatic carbocycles. The maximum absolute atomic E-state index is 13.5. The van der Waals surface area contributed by atoms with Crippen LogP contribution in [0.1, 0.15) is 50.7 Å². The van der Waals surface area contributed by atoms with Crippen LogP contribution in [0.4, 0.5) is 13.2 Å². The number of carboxylic acids is 1. The van der Waals surface area contributed by atoms with Crippen molar-refractivity contribution in [2.75, 3.05) is 32.8 Å². The van der Waals surface area contributed by atoms with E-state index in [9.17, 15) is 23.1 Å². The van der Waals surface area contributed by atoms with Crippen LogP contribution in [0.2, 0.25) is 0 Å². The number of quaternary nitrogens is 1. The summed E-state index contributed by atoms with van der Waals surface area (Å²) in [6, 6.07) is 13.4. The first-order valence-corrected chi connectivity index (χ1v) is 13.8. The van der Waals surface area contributed by atoms with E-state index < -0.39 is 23.7 Å². The number of furan rings is 1. The van der Waals surface area contributed by atoms with Crippen molar-refractivity contribution in [3.05, 3.63) is 54.5 Å². The van der Waals surface area contributed by atoms with Gasteiger partial charge in [-0.2, -0.15) is 13.2 Å². The Morgan fingerprint density at radius 1 is 1.02 bits per heavy atom. The average molecular weight is 568 g/mol. The van der Waals surface area contributed by atoms with Gasteiger partial charge in [-0.05, 0) is 37.1 Å². The van der Waals surface area contributed by atoms with E-state index in [0.717, 1.165) is 81.4 Å². The minimum absolute atomic E-state index is 0.141. The van der Waals surface area contributed by atoms with Crippen molar-refractivity contribution in [3.63, 3.8) is 0 Å². The van der Waals surface area contributed by atoms with Crippen LogP contribution in [0.15, 0.2) is 53.1 Å². The molecule has 4 fully saturated rings. The van der Waals surface area contributed by atoms with Crippen LogP contribution in [-0.4, -0.2) is 66.6 Å². The molecule has 1 N–H and O–H groups in total. The molecule has 3 aliphatic heterocycles. The van der Waals surface area contributed by atoms with Gasteiger partial charge in [-0.15, -0.1) is 0 Å². The number of fused-ring (bicyclic) bond motifs is 3. The molecule has 6 rings (SSSR count). The highest BCUT2D eigenvalue weighted by Crippen LogP contribution is 2.43. The summed E-state index contributed by atoms with van der Waals surface area (Å²) in [5, 5.41) is 20.4. The van der Waals surface area contributed by atoms with Crippen molar-refractivity contribution in [1.29, 1.82) is 0 Å². The molecule has 1 saturated carbocycles. The number of carbonyl (C=O) groups excluding carboxylic acids is 2. The number of carboxylic acid groups (broad SMARTS) is 1. The Morgan fingerprint density at radius 3 is 2.25 bits per heavy atom. The fourth-order valence-electron chi connectivity index (χ4n) is 6.31. The zero-order valence-electron chi connectivity index (χ0n) is 22.3. The fourth-order valence-corrected chi connectivity index (χ4v) is 6.31. The molecule has 40 heavy (non-hydrogen) atoms. The molecule has 0 amide bonds. The lowest BCUT2D eigenvalue weighted by molar-refractivity contribution is -0.946. The van der Waals surface area contributed by atoms with Crippen molar-refractivity contribution >= 4 is 11.9 Å². The average Bonchev–Trinajstić information content (AvgIpc) is 3.68. The number of para-hydroxylation sites is 1. The van der Waals surface area contributed by atoms with E-state index >= 15 is 0 Å². The van der Waals surface area contributed by atoms with E-state index in [1.165, 1.54) is 6.26 Å². The van der Waals surface area contributed by atoms with Gasteiger partial charge in [0.15, 0.2) is 6.10 Å². The normalized spacial score (nSPS) is 25.9. The summed E-state index contributed by atoms with van der Waals surface area (Å²) in [6.45, 7) is 4.82. The molecular weight excluding hydrogens is 531 g/mol. The number of aliphatic carboxylic acids is 1. The predicted octanol–water partition coefficient (Wildman–Crippen LogP) is 3.58. The van der Waals surface area contributed by atoms with Crippen LogP contribution in [0.25, 0.3) is 0 Å². The SMILES string of the molecule is O=C(O[C@H]1C[N+]2(CCCOc3ccccc3)CCC1CC2)[C@@](O)(c1ccco1)C1CCCC1.O=C([O-])C(F)(F)F. The number of halogens is 3. The molecule has 4 aliphatic rings. The summed E-state index contributed by atoms with van der Waals surface area (Å²) in [6.07, 6.45) is 2.99. The lowest BCUT2D eigenvalue weighted by Crippen LogP contribution is -2.65. The minimum Gasteiger partial charge on any atom is -0.542 e. The van der Waals surface area contributed by atoms with Gasteiger partial charge in [0.05, 0.1) is 32.5 Å². The highest BCUT2D eigenvalue weighted by atomic mass is 19.4. The first-order chi connectivity index (χ1) is 19.0. The van der Waals surface area contributed by atoms with E-state index in [0.29, 0.717) is 18.3 Å². The molecule has 11 heteroatoms. The standard InChI is InChI=1S/C27H36NO5.C2HF3O2/c29-26(27(30,22-8-4-5-9-22)25-12-6-18-32-25)33-24-20-28(16-13-21(24)14-17-28)15-7-19-31-23-10-2-1-3-11-23;3-2(4,5)1(6)7/h1-3,6,10-12,18,21-22,24,30H,4-5,7-9,13-17,19-20H2;(H,6,7)/q+1;/p-1/t21?,24-,27-,28?;/m0./s1. The van der Waals surface area contributed by atoms with Crippen molar-refractivity contribution in [2.24, 2.45) is 11.8 Å². The molecule has 3 saturated heterocycles. The highest BCUT2D eigenvalue weighted by Gasteiger charge is 2.54. The van der Waals surface area contributed by atoms with Crippen LogP contribution in [0.3, 0.4) is 0 Å².